The van der Waals surface area contributed by atoms with Gasteiger partial charge in [0.05, 0.1) is 16.7 Å². The molecule has 0 saturated heterocycles. The fraction of sp³-hybridized carbons (Fsp3) is 0. The van der Waals surface area contributed by atoms with Crippen molar-refractivity contribution in [3.05, 3.63) is 115 Å². The zero-order chi connectivity index (χ0) is 20.7. The third-order valence-electron chi connectivity index (χ3n) is 4.14. The van der Waals surface area contributed by atoms with Crippen LogP contribution < -0.4 is 14.4 Å². The summed E-state index contributed by atoms with van der Waals surface area (Å²) in [4.78, 5) is 0. The third kappa shape index (κ3) is 5.02. The molecule has 0 unspecified atom stereocenters. The lowest BCUT2D eigenvalue weighted by molar-refractivity contribution is 0.399. The molecule has 0 aliphatic carbocycles. The van der Waals surface area contributed by atoms with Crippen LogP contribution in [0.3, 0.4) is 0 Å². The summed E-state index contributed by atoms with van der Waals surface area (Å²) >= 11 is 0. The molecule has 0 aromatic heterocycles. The first-order valence-electron chi connectivity index (χ1n) is 9.38. The van der Waals surface area contributed by atoms with Crippen LogP contribution in [0.1, 0.15) is 0 Å². The van der Waals surface area contributed by atoms with E-state index < -0.39 is 7.60 Å². The van der Waals surface area contributed by atoms with Gasteiger partial charge in [0.25, 0.3) is 0 Å². The summed E-state index contributed by atoms with van der Waals surface area (Å²) < 4.78 is 25.4. The highest BCUT2D eigenvalue weighted by atomic mass is 31.2. The van der Waals surface area contributed by atoms with Crippen molar-refractivity contribution in [2.75, 3.05) is 0 Å². The van der Waals surface area contributed by atoms with Gasteiger partial charge in [-0.25, -0.2) is 4.57 Å². The second kappa shape index (κ2) is 9.21. The quantitative estimate of drug-likeness (QED) is 0.240. The van der Waals surface area contributed by atoms with E-state index in [2.05, 4.69) is 10.2 Å². The fourth-order valence-electron chi connectivity index (χ4n) is 2.68. The van der Waals surface area contributed by atoms with Gasteiger partial charge in [-0.2, -0.15) is 10.2 Å². The van der Waals surface area contributed by atoms with Crippen LogP contribution in [0.5, 0.6) is 11.5 Å². The van der Waals surface area contributed by atoms with Crippen LogP contribution in [0.2, 0.25) is 0 Å². The van der Waals surface area contributed by atoms with Crippen LogP contribution in [0, 0.1) is 0 Å². The molecule has 0 aliphatic rings. The maximum Gasteiger partial charge on any atom is 0.462 e. The predicted octanol–water partition coefficient (Wildman–Crippen LogP) is 7.08. The van der Waals surface area contributed by atoms with E-state index in [9.17, 15) is 4.57 Å². The topological polar surface area (TPSA) is 60.2 Å². The van der Waals surface area contributed by atoms with E-state index in [1.807, 2.05) is 66.7 Å². The van der Waals surface area contributed by atoms with E-state index >= 15 is 0 Å². The van der Waals surface area contributed by atoms with Crippen LogP contribution in [-0.2, 0) is 4.57 Å². The lowest BCUT2D eigenvalue weighted by atomic mass is 10.3. The molecule has 0 N–H and O–H groups in total. The van der Waals surface area contributed by atoms with Crippen molar-refractivity contribution in [3.63, 3.8) is 0 Å². The highest BCUT2D eigenvalue weighted by Crippen LogP contribution is 2.47. The summed E-state index contributed by atoms with van der Waals surface area (Å²) in [6.45, 7) is 0. The van der Waals surface area contributed by atoms with Crippen LogP contribution in [0.4, 0.5) is 11.4 Å². The number of rotatable bonds is 7. The summed E-state index contributed by atoms with van der Waals surface area (Å²) in [5.74, 6) is 0.925. The average molecular weight is 414 g/mol. The van der Waals surface area contributed by atoms with Gasteiger partial charge in [-0.15, -0.1) is 0 Å². The Morgan fingerprint density at radius 3 is 1.37 bits per heavy atom. The van der Waals surface area contributed by atoms with E-state index in [0.29, 0.717) is 22.5 Å². The molecule has 5 nitrogen and oxygen atoms in total. The number of hydrogen-bond acceptors (Lipinski definition) is 5. The molecule has 4 aromatic carbocycles. The molecule has 0 fully saturated rings. The van der Waals surface area contributed by atoms with E-state index in [0.717, 1.165) is 5.69 Å². The zero-order valence-corrected chi connectivity index (χ0v) is 16.9. The molecule has 0 atom stereocenters. The molecule has 0 radical (unpaired) electrons. The Morgan fingerprint density at radius 2 is 0.900 bits per heavy atom. The molecule has 0 amide bonds. The van der Waals surface area contributed by atoms with Gasteiger partial charge in [-0.1, -0.05) is 54.6 Å². The molecule has 30 heavy (non-hydrogen) atoms. The minimum absolute atomic E-state index is 0.425. The number of para-hydroxylation sites is 2. The Labute approximate surface area is 175 Å². The third-order valence-corrected chi connectivity index (χ3v) is 5.97. The molecule has 0 aliphatic heterocycles. The van der Waals surface area contributed by atoms with Gasteiger partial charge in [-0.3, -0.25) is 0 Å². The smallest absolute Gasteiger partial charge is 0.413 e. The van der Waals surface area contributed by atoms with Gasteiger partial charge >= 0.3 is 7.60 Å². The summed E-state index contributed by atoms with van der Waals surface area (Å²) in [5.41, 5.74) is 1.39. The first-order valence-corrected chi connectivity index (χ1v) is 10.9. The normalized spacial score (nSPS) is 11.3. The number of hydrogen-bond donors (Lipinski definition) is 0. The first kappa shape index (κ1) is 19.6. The number of benzene rings is 4. The van der Waals surface area contributed by atoms with E-state index in [-0.39, 0.29) is 0 Å². The maximum atomic E-state index is 13.7. The van der Waals surface area contributed by atoms with Crippen molar-refractivity contribution in [2.24, 2.45) is 10.2 Å². The molecular weight excluding hydrogens is 395 g/mol. The van der Waals surface area contributed by atoms with Crippen molar-refractivity contribution in [2.45, 2.75) is 0 Å². The minimum atomic E-state index is -3.68. The Bertz CT molecular complexity index is 1100. The number of azo groups is 1. The fourth-order valence-corrected chi connectivity index (χ4v) is 4.24. The molecule has 4 aromatic rings. The van der Waals surface area contributed by atoms with Gasteiger partial charge < -0.3 is 9.05 Å². The molecule has 0 bridgehead atoms. The SMILES string of the molecule is O=P(Oc1ccccc1)(Oc1ccccc1)c1ccc(N=Nc2ccccc2)cc1. The van der Waals surface area contributed by atoms with Crippen molar-refractivity contribution in [3.8, 4) is 11.5 Å². The Kier molecular flexibility index (Phi) is 6.02. The maximum absolute atomic E-state index is 13.7. The standard InChI is InChI=1S/C24H19N2O3P/c27-30(28-22-12-6-2-7-13-22,29-23-14-8-3-9-15-23)24-18-16-21(17-19-24)26-25-20-10-4-1-5-11-20/h1-19H. The second-order valence-electron chi connectivity index (χ2n) is 6.36. The zero-order valence-electron chi connectivity index (χ0n) is 16.0. The predicted molar refractivity (Wildman–Crippen MR) is 118 cm³/mol. The molecule has 0 spiro atoms. The Balaban J connectivity index is 1.61. The Morgan fingerprint density at radius 1 is 0.500 bits per heavy atom. The van der Waals surface area contributed by atoms with Gasteiger partial charge in [0.1, 0.15) is 11.5 Å². The highest BCUT2D eigenvalue weighted by molar-refractivity contribution is 7.63. The van der Waals surface area contributed by atoms with Crippen molar-refractivity contribution >= 4 is 24.3 Å². The van der Waals surface area contributed by atoms with Crippen LogP contribution in [0.15, 0.2) is 125 Å². The first-order chi connectivity index (χ1) is 14.7. The molecular formula is C24H19N2O3P. The van der Waals surface area contributed by atoms with Crippen molar-refractivity contribution in [1.29, 1.82) is 0 Å². The lowest BCUT2D eigenvalue weighted by Gasteiger charge is -2.20. The summed E-state index contributed by atoms with van der Waals surface area (Å²) in [6, 6.07) is 34.2. The van der Waals surface area contributed by atoms with E-state index in [1.54, 1.807) is 48.5 Å². The Hall–Kier alpha value is -3.69. The van der Waals surface area contributed by atoms with Gasteiger partial charge in [-0.05, 0) is 60.7 Å². The molecule has 6 heteroatoms. The molecule has 4 rings (SSSR count). The van der Waals surface area contributed by atoms with Crippen LogP contribution >= 0.6 is 7.60 Å². The highest BCUT2D eigenvalue weighted by Gasteiger charge is 2.31. The van der Waals surface area contributed by atoms with Gasteiger partial charge in [0, 0.05) is 0 Å². The summed E-state index contributed by atoms with van der Waals surface area (Å²) in [7, 11) is -3.68. The second-order valence-corrected chi connectivity index (χ2v) is 8.23. The number of nitrogens with zero attached hydrogens (tertiary/aromatic N) is 2. The van der Waals surface area contributed by atoms with Gasteiger partial charge in [0.15, 0.2) is 0 Å². The van der Waals surface area contributed by atoms with Crippen molar-refractivity contribution < 1.29 is 13.6 Å². The van der Waals surface area contributed by atoms with Crippen LogP contribution in [-0.4, -0.2) is 0 Å². The van der Waals surface area contributed by atoms with E-state index in [1.165, 1.54) is 0 Å². The van der Waals surface area contributed by atoms with Crippen molar-refractivity contribution in [1.82, 2.24) is 0 Å². The largest absolute Gasteiger partial charge is 0.462 e. The monoisotopic (exact) mass is 414 g/mol. The molecule has 0 heterocycles. The lowest BCUT2D eigenvalue weighted by Crippen LogP contribution is -2.14. The molecule has 0 saturated carbocycles. The van der Waals surface area contributed by atoms with Crippen LogP contribution in [0.25, 0.3) is 0 Å². The summed E-state index contributed by atoms with van der Waals surface area (Å²) in [5, 5.41) is 8.84. The van der Waals surface area contributed by atoms with Gasteiger partial charge in [0.2, 0.25) is 0 Å². The molecule has 148 valence electrons. The minimum Gasteiger partial charge on any atom is -0.413 e. The van der Waals surface area contributed by atoms with E-state index in [4.69, 9.17) is 9.05 Å². The average Bonchev–Trinajstić information content (AvgIpc) is 2.80. The summed E-state index contributed by atoms with van der Waals surface area (Å²) in [6.07, 6.45) is 0.